The molecule has 90 valence electrons. The highest BCUT2D eigenvalue weighted by Crippen LogP contribution is 2.12. The molecule has 0 amide bonds. The van der Waals surface area contributed by atoms with Gasteiger partial charge in [-0.3, -0.25) is 0 Å². The molecule has 1 rings (SSSR count). The Bertz CT molecular complexity index is 421. The summed E-state index contributed by atoms with van der Waals surface area (Å²) in [5.41, 5.74) is 7.00. The van der Waals surface area contributed by atoms with Gasteiger partial charge in [-0.15, -0.1) is 0 Å². The molecule has 1 aromatic carbocycles. The van der Waals surface area contributed by atoms with E-state index in [9.17, 15) is 8.42 Å². The van der Waals surface area contributed by atoms with Crippen LogP contribution in [0, 0.1) is 5.92 Å². The molecule has 2 N–H and O–H groups in total. The van der Waals surface area contributed by atoms with Crippen LogP contribution in [0.5, 0.6) is 0 Å². The summed E-state index contributed by atoms with van der Waals surface area (Å²) in [7, 11) is -2.98. The Hall–Kier alpha value is -1.03. The molecular weight excluding hydrogens is 222 g/mol. The quantitative estimate of drug-likeness (QED) is 0.804. The first kappa shape index (κ1) is 13.0. The molecule has 0 saturated heterocycles. The van der Waals surface area contributed by atoms with E-state index in [4.69, 9.17) is 5.73 Å². The van der Waals surface area contributed by atoms with E-state index in [0.29, 0.717) is 11.6 Å². The van der Waals surface area contributed by atoms with Crippen molar-refractivity contribution in [3.05, 3.63) is 29.8 Å². The molecule has 0 atom stereocenters. The summed E-state index contributed by atoms with van der Waals surface area (Å²) in [6.07, 6.45) is 0.720. The van der Waals surface area contributed by atoms with Crippen molar-refractivity contribution in [1.29, 1.82) is 0 Å². The molecule has 0 spiro atoms. The molecule has 0 aliphatic heterocycles. The van der Waals surface area contributed by atoms with Crippen LogP contribution in [0.4, 0.5) is 5.69 Å². The lowest BCUT2D eigenvalue weighted by Crippen LogP contribution is -2.11. The van der Waals surface area contributed by atoms with Gasteiger partial charge in [-0.25, -0.2) is 8.42 Å². The average molecular weight is 241 g/mol. The monoisotopic (exact) mass is 241 g/mol. The highest BCUT2D eigenvalue weighted by Gasteiger charge is 2.12. The standard InChI is InChI=1S/C12H19NO2S/c1-10(2)7-8-16(14,15)9-11-3-5-12(13)6-4-11/h3-6,10H,7-9,13H2,1-2H3. The third-order valence-corrected chi connectivity index (χ3v) is 4.00. The fraction of sp³-hybridized carbons (Fsp3) is 0.500. The Balaban J connectivity index is 2.62. The van der Waals surface area contributed by atoms with E-state index >= 15 is 0 Å². The van der Waals surface area contributed by atoms with Crippen LogP contribution in [0.1, 0.15) is 25.8 Å². The predicted octanol–water partition coefficient (Wildman–Crippen LogP) is 2.23. The number of nitrogen functional groups attached to an aromatic ring is 1. The van der Waals surface area contributed by atoms with Crippen LogP contribution in [-0.2, 0) is 15.6 Å². The van der Waals surface area contributed by atoms with Crippen molar-refractivity contribution in [1.82, 2.24) is 0 Å². The molecule has 0 bridgehead atoms. The molecule has 1 aromatic rings. The first-order chi connectivity index (χ1) is 7.39. The summed E-state index contributed by atoms with van der Waals surface area (Å²) in [5.74, 6) is 0.788. The number of hydrogen-bond donors (Lipinski definition) is 1. The topological polar surface area (TPSA) is 60.2 Å². The van der Waals surface area contributed by atoms with Crippen molar-refractivity contribution in [3.8, 4) is 0 Å². The van der Waals surface area contributed by atoms with E-state index in [2.05, 4.69) is 0 Å². The lowest BCUT2D eigenvalue weighted by atomic mass is 10.2. The average Bonchev–Trinajstić information content (AvgIpc) is 2.19. The smallest absolute Gasteiger partial charge is 0.154 e. The van der Waals surface area contributed by atoms with Crippen molar-refractivity contribution in [2.75, 3.05) is 11.5 Å². The fourth-order valence-corrected chi connectivity index (χ4v) is 3.03. The number of rotatable bonds is 5. The summed E-state index contributed by atoms with van der Waals surface area (Å²) >= 11 is 0. The normalized spacial score (nSPS) is 11.9. The van der Waals surface area contributed by atoms with Gasteiger partial charge in [0.2, 0.25) is 0 Å². The van der Waals surface area contributed by atoms with Crippen molar-refractivity contribution >= 4 is 15.5 Å². The fourth-order valence-electron chi connectivity index (χ4n) is 1.36. The maximum atomic E-state index is 11.8. The van der Waals surface area contributed by atoms with Gasteiger partial charge in [-0.1, -0.05) is 26.0 Å². The maximum absolute atomic E-state index is 11.8. The van der Waals surface area contributed by atoms with Crippen LogP contribution in [0.25, 0.3) is 0 Å². The van der Waals surface area contributed by atoms with E-state index < -0.39 is 9.84 Å². The Morgan fingerprint density at radius 2 is 1.75 bits per heavy atom. The van der Waals surface area contributed by atoms with Gasteiger partial charge in [0.25, 0.3) is 0 Å². The van der Waals surface area contributed by atoms with Crippen LogP contribution in [0.3, 0.4) is 0 Å². The van der Waals surface area contributed by atoms with Gasteiger partial charge >= 0.3 is 0 Å². The van der Waals surface area contributed by atoms with E-state index in [1.54, 1.807) is 24.3 Å². The van der Waals surface area contributed by atoms with Crippen LogP contribution in [0.15, 0.2) is 24.3 Å². The number of benzene rings is 1. The van der Waals surface area contributed by atoms with Gasteiger partial charge in [-0.05, 0) is 30.0 Å². The Kier molecular flexibility index (Phi) is 4.35. The maximum Gasteiger partial charge on any atom is 0.154 e. The number of sulfone groups is 1. The van der Waals surface area contributed by atoms with Gasteiger partial charge in [0.15, 0.2) is 9.84 Å². The van der Waals surface area contributed by atoms with Gasteiger partial charge in [0.1, 0.15) is 0 Å². The molecule has 0 aliphatic rings. The first-order valence-corrected chi connectivity index (χ1v) is 7.26. The minimum atomic E-state index is -2.98. The van der Waals surface area contributed by atoms with Crippen LogP contribution in [0.2, 0.25) is 0 Å². The van der Waals surface area contributed by atoms with Crippen molar-refractivity contribution in [2.45, 2.75) is 26.0 Å². The van der Waals surface area contributed by atoms with Crippen LogP contribution in [-0.4, -0.2) is 14.2 Å². The van der Waals surface area contributed by atoms with Crippen molar-refractivity contribution < 1.29 is 8.42 Å². The summed E-state index contributed by atoms with van der Waals surface area (Å²) in [6, 6.07) is 6.99. The van der Waals surface area contributed by atoms with Gasteiger partial charge in [-0.2, -0.15) is 0 Å². The Morgan fingerprint density at radius 3 is 2.25 bits per heavy atom. The zero-order chi connectivity index (χ0) is 12.2. The highest BCUT2D eigenvalue weighted by atomic mass is 32.2. The van der Waals surface area contributed by atoms with E-state index in [-0.39, 0.29) is 11.5 Å². The van der Waals surface area contributed by atoms with Gasteiger partial charge < -0.3 is 5.73 Å². The lowest BCUT2D eigenvalue weighted by molar-refractivity contribution is 0.573. The third kappa shape index (κ3) is 4.66. The highest BCUT2D eigenvalue weighted by molar-refractivity contribution is 7.90. The van der Waals surface area contributed by atoms with Crippen molar-refractivity contribution in [3.63, 3.8) is 0 Å². The molecule has 0 radical (unpaired) electrons. The third-order valence-electron chi connectivity index (χ3n) is 2.37. The zero-order valence-electron chi connectivity index (χ0n) is 9.81. The van der Waals surface area contributed by atoms with E-state index in [1.807, 2.05) is 13.8 Å². The summed E-state index contributed by atoms with van der Waals surface area (Å²) in [6.45, 7) is 4.05. The Morgan fingerprint density at radius 1 is 1.19 bits per heavy atom. The largest absolute Gasteiger partial charge is 0.399 e. The molecular formula is C12H19NO2S. The number of nitrogens with two attached hydrogens (primary N) is 1. The number of hydrogen-bond acceptors (Lipinski definition) is 3. The summed E-state index contributed by atoms with van der Waals surface area (Å²) in [4.78, 5) is 0. The molecule has 4 heteroatoms. The minimum Gasteiger partial charge on any atom is -0.399 e. The second kappa shape index (κ2) is 5.34. The first-order valence-electron chi connectivity index (χ1n) is 5.44. The molecule has 0 aliphatic carbocycles. The molecule has 0 saturated carbocycles. The predicted molar refractivity (Wildman–Crippen MR) is 67.8 cm³/mol. The second-order valence-corrected chi connectivity index (χ2v) is 6.70. The molecule has 0 fully saturated rings. The lowest BCUT2D eigenvalue weighted by Gasteiger charge is -2.06. The van der Waals surface area contributed by atoms with Gasteiger partial charge in [0.05, 0.1) is 11.5 Å². The van der Waals surface area contributed by atoms with E-state index in [0.717, 1.165) is 12.0 Å². The summed E-state index contributed by atoms with van der Waals surface area (Å²) < 4.78 is 23.5. The SMILES string of the molecule is CC(C)CCS(=O)(=O)Cc1ccc(N)cc1. The molecule has 0 aromatic heterocycles. The molecule has 0 heterocycles. The summed E-state index contributed by atoms with van der Waals surface area (Å²) in [5, 5.41) is 0. The minimum absolute atomic E-state index is 0.111. The second-order valence-electron chi connectivity index (χ2n) is 4.52. The van der Waals surface area contributed by atoms with Crippen LogP contribution >= 0.6 is 0 Å². The zero-order valence-corrected chi connectivity index (χ0v) is 10.6. The molecule has 0 unspecified atom stereocenters. The van der Waals surface area contributed by atoms with Crippen molar-refractivity contribution in [2.24, 2.45) is 5.92 Å². The molecule has 16 heavy (non-hydrogen) atoms. The van der Waals surface area contributed by atoms with Crippen LogP contribution < -0.4 is 5.73 Å². The molecule has 3 nitrogen and oxygen atoms in total. The van der Waals surface area contributed by atoms with Gasteiger partial charge in [0, 0.05) is 5.69 Å². The van der Waals surface area contributed by atoms with E-state index in [1.165, 1.54) is 0 Å². The number of anilines is 1. The Labute approximate surface area is 97.6 Å².